The van der Waals surface area contributed by atoms with Crippen molar-refractivity contribution in [1.82, 2.24) is 10.3 Å². The van der Waals surface area contributed by atoms with Gasteiger partial charge in [-0.1, -0.05) is 13.0 Å². The lowest BCUT2D eigenvalue weighted by Gasteiger charge is -2.15. The molecule has 0 spiro atoms. The normalized spacial score (nSPS) is 11.8. The Morgan fingerprint density at radius 1 is 1.25 bits per heavy atom. The molecule has 1 aromatic carbocycles. The molecule has 0 fully saturated rings. The molecule has 1 N–H and O–H groups in total. The molecule has 2 aromatic heterocycles. The number of alkyl halides is 3. The highest BCUT2D eigenvalue weighted by molar-refractivity contribution is 7.99. The first-order valence-corrected chi connectivity index (χ1v) is 10.5. The third kappa shape index (κ3) is 4.33. The van der Waals surface area contributed by atoms with Crippen LogP contribution in [0.25, 0.3) is 10.9 Å². The molecule has 3 nitrogen and oxygen atoms in total. The molecular formula is C20H19F3N2OS2. The molecule has 8 heteroatoms. The Morgan fingerprint density at radius 2 is 2.00 bits per heavy atom. The van der Waals surface area contributed by atoms with E-state index in [1.54, 1.807) is 18.3 Å². The molecule has 148 valence electrons. The smallest absolute Gasteiger partial charge is 0.347 e. The first-order chi connectivity index (χ1) is 13.2. The molecule has 3 aromatic rings. The van der Waals surface area contributed by atoms with E-state index in [0.717, 1.165) is 22.6 Å². The van der Waals surface area contributed by atoms with E-state index in [-0.39, 0.29) is 11.4 Å². The van der Waals surface area contributed by atoms with E-state index >= 15 is 0 Å². The SMILES string of the molecule is CCSc1nc2cc(C(F)(F)F)ccc2c(C)c1C(=O)NCc1cc(C)cs1. The zero-order chi connectivity index (χ0) is 20.5. The molecule has 0 saturated carbocycles. The van der Waals surface area contributed by atoms with Crippen LogP contribution in [0.2, 0.25) is 0 Å². The van der Waals surface area contributed by atoms with Crippen LogP contribution in [0, 0.1) is 13.8 Å². The van der Waals surface area contributed by atoms with Crippen LogP contribution in [0.5, 0.6) is 0 Å². The summed E-state index contributed by atoms with van der Waals surface area (Å²) in [6.45, 7) is 6.05. The summed E-state index contributed by atoms with van der Waals surface area (Å²) in [5, 5.41) is 5.92. The molecule has 0 aliphatic carbocycles. The second kappa shape index (κ2) is 8.13. The fourth-order valence-corrected chi connectivity index (χ4v) is 4.57. The highest BCUT2D eigenvalue weighted by atomic mass is 32.2. The van der Waals surface area contributed by atoms with Gasteiger partial charge in [0.1, 0.15) is 5.03 Å². The van der Waals surface area contributed by atoms with Gasteiger partial charge in [0.15, 0.2) is 0 Å². The summed E-state index contributed by atoms with van der Waals surface area (Å²) in [4.78, 5) is 18.3. The number of rotatable bonds is 5. The number of benzene rings is 1. The standard InChI is InChI=1S/C20H19F3N2OS2/c1-4-27-19-17(18(26)24-9-14-7-11(2)10-28-14)12(3)15-6-5-13(20(21,22)23)8-16(15)25-19/h5-8,10H,4,9H2,1-3H3,(H,24,26). The molecule has 0 bridgehead atoms. The van der Waals surface area contributed by atoms with Crippen LogP contribution in [0.4, 0.5) is 13.2 Å². The average Bonchev–Trinajstić information content (AvgIpc) is 3.04. The Bertz CT molecular complexity index is 1030. The average molecular weight is 425 g/mol. The number of thiophene rings is 1. The zero-order valence-corrected chi connectivity index (χ0v) is 17.2. The van der Waals surface area contributed by atoms with Crippen molar-refractivity contribution in [2.24, 2.45) is 0 Å². The predicted octanol–water partition coefficient (Wildman–Crippen LogP) is 5.97. The fourth-order valence-electron chi connectivity index (χ4n) is 2.93. The Balaban J connectivity index is 2.01. The Morgan fingerprint density at radius 3 is 2.61 bits per heavy atom. The molecule has 2 heterocycles. The van der Waals surface area contributed by atoms with Crippen molar-refractivity contribution in [3.63, 3.8) is 0 Å². The quantitative estimate of drug-likeness (QED) is 0.513. The Kier molecular flexibility index (Phi) is 6.00. The minimum atomic E-state index is -4.43. The molecule has 0 unspecified atom stereocenters. The molecular weight excluding hydrogens is 405 g/mol. The number of amides is 1. The van der Waals surface area contributed by atoms with Gasteiger partial charge in [-0.25, -0.2) is 4.98 Å². The van der Waals surface area contributed by atoms with E-state index < -0.39 is 11.7 Å². The fraction of sp³-hybridized carbons (Fsp3) is 0.300. The van der Waals surface area contributed by atoms with Crippen LogP contribution in [0.3, 0.4) is 0 Å². The largest absolute Gasteiger partial charge is 0.416 e. The number of hydrogen-bond donors (Lipinski definition) is 1. The highest BCUT2D eigenvalue weighted by Gasteiger charge is 2.31. The zero-order valence-electron chi connectivity index (χ0n) is 15.6. The first kappa shape index (κ1) is 20.7. The van der Waals surface area contributed by atoms with Gasteiger partial charge < -0.3 is 5.32 Å². The summed E-state index contributed by atoms with van der Waals surface area (Å²) in [7, 11) is 0. The lowest BCUT2D eigenvalue weighted by atomic mass is 10.0. The van der Waals surface area contributed by atoms with E-state index in [1.165, 1.54) is 17.8 Å². The number of aromatic nitrogens is 1. The van der Waals surface area contributed by atoms with Crippen LogP contribution < -0.4 is 5.32 Å². The van der Waals surface area contributed by atoms with E-state index in [1.807, 2.05) is 25.3 Å². The number of nitrogens with one attached hydrogen (secondary N) is 1. The molecule has 0 atom stereocenters. The Hall–Kier alpha value is -2.06. The minimum absolute atomic E-state index is 0.244. The van der Waals surface area contributed by atoms with Crippen LogP contribution >= 0.6 is 23.1 Å². The summed E-state index contributed by atoms with van der Waals surface area (Å²) in [6, 6.07) is 5.47. The second-order valence-corrected chi connectivity index (χ2v) is 8.60. The summed E-state index contributed by atoms with van der Waals surface area (Å²) < 4.78 is 39.1. The third-order valence-electron chi connectivity index (χ3n) is 4.26. The second-order valence-electron chi connectivity index (χ2n) is 6.35. The molecule has 0 saturated heterocycles. The van der Waals surface area contributed by atoms with Crippen molar-refractivity contribution in [3.05, 3.63) is 56.8 Å². The number of fused-ring (bicyclic) bond motifs is 1. The third-order valence-corrected chi connectivity index (χ3v) is 6.17. The molecule has 0 radical (unpaired) electrons. The maximum atomic E-state index is 13.0. The van der Waals surface area contributed by atoms with E-state index in [0.29, 0.717) is 33.8 Å². The number of thioether (sulfide) groups is 1. The van der Waals surface area contributed by atoms with Crippen molar-refractivity contribution in [3.8, 4) is 0 Å². The van der Waals surface area contributed by atoms with Gasteiger partial charge in [0.25, 0.3) is 5.91 Å². The van der Waals surface area contributed by atoms with Gasteiger partial charge in [-0.05, 0) is 54.3 Å². The molecule has 3 rings (SSSR count). The highest BCUT2D eigenvalue weighted by Crippen LogP contribution is 2.34. The number of carbonyl (C=O) groups excluding carboxylic acids is 1. The predicted molar refractivity (Wildman–Crippen MR) is 108 cm³/mol. The maximum Gasteiger partial charge on any atom is 0.416 e. The van der Waals surface area contributed by atoms with Gasteiger partial charge in [0, 0.05) is 10.3 Å². The number of halogens is 3. The van der Waals surface area contributed by atoms with E-state index in [2.05, 4.69) is 10.3 Å². The van der Waals surface area contributed by atoms with Gasteiger partial charge >= 0.3 is 6.18 Å². The summed E-state index contributed by atoms with van der Waals surface area (Å²) in [5.74, 6) is 0.384. The number of aryl methyl sites for hydroxylation is 2. The first-order valence-electron chi connectivity index (χ1n) is 8.67. The summed E-state index contributed by atoms with van der Waals surface area (Å²) in [6.07, 6.45) is -4.43. The van der Waals surface area contributed by atoms with Gasteiger partial charge in [0.05, 0.1) is 23.2 Å². The van der Waals surface area contributed by atoms with Crippen molar-refractivity contribution in [1.29, 1.82) is 0 Å². The van der Waals surface area contributed by atoms with Crippen LogP contribution in [-0.4, -0.2) is 16.6 Å². The number of pyridine rings is 1. The number of carbonyl (C=O) groups is 1. The van der Waals surface area contributed by atoms with Crippen molar-refractivity contribution >= 4 is 39.9 Å². The van der Waals surface area contributed by atoms with Crippen LogP contribution in [0.1, 0.15) is 38.8 Å². The summed E-state index contributed by atoms with van der Waals surface area (Å²) in [5.41, 5.74) is 1.70. The van der Waals surface area contributed by atoms with Crippen LogP contribution in [-0.2, 0) is 12.7 Å². The van der Waals surface area contributed by atoms with E-state index in [4.69, 9.17) is 0 Å². The van der Waals surface area contributed by atoms with E-state index in [9.17, 15) is 18.0 Å². The summed E-state index contributed by atoms with van der Waals surface area (Å²) >= 11 is 2.92. The van der Waals surface area contributed by atoms with Crippen molar-refractivity contribution in [2.45, 2.75) is 38.5 Å². The lowest BCUT2D eigenvalue weighted by Crippen LogP contribution is -2.24. The molecule has 0 aliphatic heterocycles. The van der Waals surface area contributed by atoms with Crippen LogP contribution in [0.15, 0.2) is 34.7 Å². The minimum Gasteiger partial charge on any atom is -0.347 e. The van der Waals surface area contributed by atoms with Gasteiger partial charge in [0.2, 0.25) is 0 Å². The monoisotopic (exact) mass is 424 g/mol. The molecule has 1 amide bonds. The Labute approximate surface area is 169 Å². The van der Waals surface area contributed by atoms with Crippen molar-refractivity contribution < 1.29 is 18.0 Å². The van der Waals surface area contributed by atoms with Gasteiger partial charge in [-0.3, -0.25) is 4.79 Å². The molecule has 0 aliphatic rings. The maximum absolute atomic E-state index is 13.0. The topological polar surface area (TPSA) is 42.0 Å². The van der Waals surface area contributed by atoms with Crippen molar-refractivity contribution in [2.75, 3.05) is 5.75 Å². The van der Waals surface area contributed by atoms with Gasteiger partial charge in [-0.15, -0.1) is 23.1 Å². The lowest BCUT2D eigenvalue weighted by molar-refractivity contribution is -0.137. The number of hydrogen-bond acceptors (Lipinski definition) is 4. The number of nitrogens with zero attached hydrogens (tertiary/aromatic N) is 1. The molecule has 28 heavy (non-hydrogen) atoms. The van der Waals surface area contributed by atoms with Gasteiger partial charge in [-0.2, -0.15) is 13.2 Å².